The molecule has 212 valence electrons. The predicted octanol–water partition coefficient (Wildman–Crippen LogP) is 8.89. The maximum absolute atomic E-state index is 13.7. The molecule has 2 atom stereocenters. The molecular formula is C36H40ClN3O. The molecule has 1 amide bonds. The van der Waals surface area contributed by atoms with Gasteiger partial charge in [-0.15, -0.1) is 0 Å². The number of nitrogens with zero attached hydrogens (tertiary/aromatic N) is 2. The van der Waals surface area contributed by atoms with E-state index < -0.39 is 0 Å². The lowest BCUT2D eigenvalue weighted by Crippen LogP contribution is -2.41. The monoisotopic (exact) mass is 565 g/mol. The topological polar surface area (TPSA) is 35.6 Å². The summed E-state index contributed by atoms with van der Waals surface area (Å²) in [6, 6.07) is 22.8. The number of halogens is 1. The lowest BCUT2D eigenvalue weighted by Gasteiger charge is -2.38. The molecule has 5 rings (SSSR count). The van der Waals surface area contributed by atoms with Gasteiger partial charge < -0.3 is 15.1 Å². The number of benzene rings is 3. The van der Waals surface area contributed by atoms with Crippen molar-refractivity contribution in [3.8, 4) is 0 Å². The van der Waals surface area contributed by atoms with Crippen molar-refractivity contribution < 1.29 is 4.79 Å². The molecule has 2 unspecified atom stereocenters. The number of fused-ring (bicyclic) bond motifs is 1. The van der Waals surface area contributed by atoms with Crippen LogP contribution in [0.5, 0.6) is 0 Å². The van der Waals surface area contributed by atoms with Gasteiger partial charge in [0.15, 0.2) is 0 Å². The van der Waals surface area contributed by atoms with Gasteiger partial charge in [-0.25, -0.2) is 0 Å². The van der Waals surface area contributed by atoms with Crippen LogP contribution >= 0.6 is 11.6 Å². The number of hydrogen-bond donors (Lipinski definition) is 1. The summed E-state index contributed by atoms with van der Waals surface area (Å²) in [7, 11) is 2.11. The molecular weight excluding hydrogens is 526 g/mol. The Morgan fingerprint density at radius 1 is 1.05 bits per heavy atom. The number of carbonyl (C=O) groups is 1. The van der Waals surface area contributed by atoms with Crippen LogP contribution in [0.25, 0.3) is 0 Å². The van der Waals surface area contributed by atoms with Crippen LogP contribution in [-0.4, -0.2) is 25.5 Å². The van der Waals surface area contributed by atoms with Crippen molar-refractivity contribution in [2.45, 2.75) is 58.5 Å². The van der Waals surface area contributed by atoms with Crippen molar-refractivity contribution in [2.75, 3.05) is 28.7 Å². The third-order valence-electron chi connectivity index (χ3n) is 8.13. The highest BCUT2D eigenvalue weighted by molar-refractivity contribution is 6.30. The molecule has 1 N–H and O–H groups in total. The molecule has 1 aliphatic carbocycles. The van der Waals surface area contributed by atoms with Crippen molar-refractivity contribution in [3.05, 3.63) is 124 Å². The second kappa shape index (κ2) is 12.8. The Morgan fingerprint density at radius 2 is 1.80 bits per heavy atom. The lowest BCUT2D eigenvalue weighted by molar-refractivity contribution is -0.118. The zero-order valence-electron chi connectivity index (χ0n) is 24.5. The SMILES string of the molecule is CCC(C)Nc1ccc2c(c1)C(c1ccc(Cl)cc1)N(c1ccc(N(C)CC3=CC=C(C)CCC=C3)cc1)C(=O)C2. The fourth-order valence-electron chi connectivity index (χ4n) is 5.56. The third-order valence-corrected chi connectivity index (χ3v) is 8.38. The summed E-state index contributed by atoms with van der Waals surface area (Å²) in [5, 5.41) is 4.29. The van der Waals surface area contributed by atoms with Crippen LogP contribution in [0, 0.1) is 0 Å². The van der Waals surface area contributed by atoms with Crippen molar-refractivity contribution in [1.29, 1.82) is 0 Å². The van der Waals surface area contributed by atoms with Gasteiger partial charge in [0, 0.05) is 41.7 Å². The quantitative estimate of drug-likeness (QED) is 0.296. The molecule has 0 saturated heterocycles. The van der Waals surface area contributed by atoms with Crippen LogP contribution in [0.1, 0.15) is 62.8 Å². The summed E-state index contributed by atoms with van der Waals surface area (Å²) < 4.78 is 0. The fraction of sp³-hybridized carbons (Fsp3) is 0.306. The smallest absolute Gasteiger partial charge is 0.232 e. The van der Waals surface area contributed by atoms with Gasteiger partial charge in [-0.1, -0.05) is 66.6 Å². The minimum Gasteiger partial charge on any atom is -0.383 e. The second-order valence-electron chi connectivity index (χ2n) is 11.3. The standard InChI is InChI=1S/C36H40ClN3O/c1-5-26(3)38-31-17-14-29-22-35(41)40(36(34(29)23-31)28-12-15-30(37)16-13-28)33-20-18-32(19-21-33)39(4)24-27-9-7-6-8-25(2)10-11-27/h7,9-21,23,26,36,38H,5-6,8,22,24H2,1-4H3. The van der Waals surface area contributed by atoms with Crippen molar-refractivity contribution in [3.63, 3.8) is 0 Å². The lowest BCUT2D eigenvalue weighted by atomic mass is 9.87. The highest BCUT2D eigenvalue weighted by Gasteiger charge is 2.35. The Hall–Kier alpha value is -3.76. The predicted molar refractivity (Wildman–Crippen MR) is 174 cm³/mol. The summed E-state index contributed by atoms with van der Waals surface area (Å²) in [6.45, 7) is 7.37. The molecule has 1 aliphatic heterocycles. The van der Waals surface area contributed by atoms with E-state index in [9.17, 15) is 4.79 Å². The van der Waals surface area contributed by atoms with E-state index in [4.69, 9.17) is 11.6 Å². The number of anilines is 3. The van der Waals surface area contributed by atoms with E-state index in [0.29, 0.717) is 17.5 Å². The van der Waals surface area contributed by atoms with E-state index in [1.54, 1.807) is 0 Å². The molecule has 0 saturated carbocycles. The average molecular weight is 566 g/mol. The number of amides is 1. The Morgan fingerprint density at radius 3 is 2.54 bits per heavy atom. The number of hydrogen-bond acceptors (Lipinski definition) is 3. The summed E-state index contributed by atoms with van der Waals surface area (Å²) in [6.07, 6.45) is 12.6. The van der Waals surface area contributed by atoms with E-state index in [-0.39, 0.29) is 11.9 Å². The van der Waals surface area contributed by atoms with Gasteiger partial charge in [-0.3, -0.25) is 4.79 Å². The van der Waals surface area contributed by atoms with E-state index in [1.807, 2.05) is 29.2 Å². The maximum Gasteiger partial charge on any atom is 0.232 e. The van der Waals surface area contributed by atoms with Crippen LogP contribution in [0.15, 0.2) is 102 Å². The van der Waals surface area contributed by atoms with Crippen LogP contribution in [0.4, 0.5) is 17.1 Å². The molecule has 1 heterocycles. The molecule has 0 spiro atoms. The number of carbonyl (C=O) groups excluding carboxylic acids is 1. The molecule has 3 aromatic carbocycles. The van der Waals surface area contributed by atoms with Gasteiger partial charge in [0.05, 0.1) is 12.5 Å². The number of allylic oxidation sites excluding steroid dienone is 4. The van der Waals surface area contributed by atoms with Gasteiger partial charge in [0.25, 0.3) is 0 Å². The molecule has 4 nitrogen and oxygen atoms in total. The second-order valence-corrected chi connectivity index (χ2v) is 11.8. The molecule has 41 heavy (non-hydrogen) atoms. The minimum atomic E-state index is -0.244. The number of nitrogens with one attached hydrogen (secondary N) is 1. The molecule has 5 heteroatoms. The first-order valence-electron chi connectivity index (χ1n) is 14.6. The molecule has 0 aromatic heterocycles. The van der Waals surface area contributed by atoms with Gasteiger partial charge in [-0.2, -0.15) is 0 Å². The zero-order chi connectivity index (χ0) is 28.9. The van der Waals surface area contributed by atoms with E-state index in [0.717, 1.165) is 59.6 Å². The largest absolute Gasteiger partial charge is 0.383 e. The van der Waals surface area contributed by atoms with Crippen LogP contribution < -0.4 is 15.1 Å². The number of likely N-dealkylation sites (N-methyl/N-ethyl adjacent to an activating group) is 1. The van der Waals surface area contributed by atoms with E-state index in [2.05, 4.69) is 105 Å². The third kappa shape index (κ3) is 6.77. The maximum atomic E-state index is 13.7. The first kappa shape index (κ1) is 28.8. The molecule has 3 aromatic rings. The van der Waals surface area contributed by atoms with Crippen LogP contribution in [0.3, 0.4) is 0 Å². The Labute approximate surface area is 250 Å². The summed E-state index contributed by atoms with van der Waals surface area (Å²) in [5.74, 6) is 0.0909. The zero-order valence-corrected chi connectivity index (χ0v) is 25.3. The minimum absolute atomic E-state index is 0.0909. The highest BCUT2D eigenvalue weighted by Crippen LogP contribution is 2.41. The average Bonchev–Trinajstić information content (AvgIpc) is 2.97. The molecule has 0 fully saturated rings. The summed E-state index contributed by atoms with van der Waals surface area (Å²) in [5.41, 5.74) is 9.02. The molecule has 2 aliphatic rings. The van der Waals surface area contributed by atoms with Gasteiger partial charge in [0.2, 0.25) is 5.91 Å². The fourth-order valence-corrected chi connectivity index (χ4v) is 5.68. The van der Waals surface area contributed by atoms with Gasteiger partial charge >= 0.3 is 0 Å². The van der Waals surface area contributed by atoms with Crippen molar-refractivity contribution in [2.24, 2.45) is 0 Å². The molecule has 0 radical (unpaired) electrons. The van der Waals surface area contributed by atoms with Gasteiger partial charge in [0.1, 0.15) is 0 Å². The summed E-state index contributed by atoms with van der Waals surface area (Å²) >= 11 is 6.27. The highest BCUT2D eigenvalue weighted by atomic mass is 35.5. The Bertz CT molecular complexity index is 1470. The first-order valence-corrected chi connectivity index (χ1v) is 15.0. The van der Waals surface area contributed by atoms with Crippen molar-refractivity contribution >= 4 is 34.6 Å². The Balaban J connectivity index is 1.47. The Kier molecular flexibility index (Phi) is 8.99. The normalized spacial score (nSPS) is 17.6. The van der Waals surface area contributed by atoms with Gasteiger partial charge in [-0.05, 0) is 104 Å². The number of rotatable bonds is 8. The molecule has 0 bridgehead atoms. The van der Waals surface area contributed by atoms with E-state index in [1.165, 1.54) is 11.1 Å². The van der Waals surface area contributed by atoms with Crippen LogP contribution in [-0.2, 0) is 11.2 Å². The van der Waals surface area contributed by atoms with Crippen molar-refractivity contribution in [1.82, 2.24) is 0 Å². The van der Waals surface area contributed by atoms with Crippen LogP contribution in [0.2, 0.25) is 5.02 Å². The van der Waals surface area contributed by atoms with E-state index >= 15 is 0 Å². The summed E-state index contributed by atoms with van der Waals surface area (Å²) in [4.78, 5) is 17.9. The first-order chi connectivity index (χ1) is 19.8.